The summed E-state index contributed by atoms with van der Waals surface area (Å²) in [6.07, 6.45) is 1.68. The van der Waals surface area contributed by atoms with Gasteiger partial charge in [0.15, 0.2) is 0 Å². The van der Waals surface area contributed by atoms with Crippen LogP contribution in [0.5, 0.6) is 0 Å². The second-order valence-corrected chi connectivity index (χ2v) is 6.92. The molecule has 0 bridgehead atoms. The van der Waals surface area contributed by atoms with E-state index in [0.29, 0.717) is 22.6 Å². The SMILES string of the molecule is Cc1nc2ccc(Br)cc2c(=O)n1N=Cc1ccc(C(C)C)cc1. The summed E-state index contributed by atoms with van der Waals surface area (Å²) in [6, 6.07) is 13.6. The Kier molecular flexibility index (Phi) is 4.62. The third-order valence-corrected chi connectivity index (χ3v) is 4.39. The third kappa shape index (κ3) is 3.31. The molecule has 0 fully saturated rings. The second kappa shape index (κ2) is 6.69. The Bertz CT molecular complexity index is 972. The molecule has 24 heavy (non-hydrogen) atoms. The van der Waals surface area contributed by atoms with Gasteiger partial charge in [-0.2, -0.15) is 9.78 Å². The van der Waals surface area contributed by atoms with E-state index < -0.39 is 0 Å². The predicted molar refractivity (Wildman–Crippen MR) is 102 cm³/mol. The average Bonchev–Trinajstić information content (AvgIpc) is 2.56. The number of fused-ring (bicyclic) bond motifs is 1. The number of nitrogens with zero attached hydrogens (tertiary/aromatic N) is 3. The molecule has 3 aromatic rings. The highest BCUT2D eigenvalue weighted by molar-refractivity contribution is 9.10. The minimum Gasteiger partial charge on any atom is -0.267 e. The molecule has 0 saturated carbocycles. The van der Waals surface area contributed by atoms with Crippen molar-refractivity contribution in [2.75, 3.05) is 0 Å². The van der Waals surface area contributed by atoms with Gasteiger partial charge in [-0.05, 0) is 42.2 Å². The van der Waals surface area contributed by atoms with Gasteiger partial charge < -0.3 is 0 Å². The number of halogens is 1. The van der Waals surface area contributed by atoms with Crippen LogP contribution in [-0.4, -0.2) is 15.9 Å². The Hall–Kier alpha value is -2.27. The predicted octanol–water partition coefficient (Wildman–Crippen LogP) is 4.47. The van der Waals surface area contributed by atoms with Crippen molar-refractivity contribution in [2.24, 2.45) is 5.10 Å². The van der Waals surface area contributed by atoms with Crippen LogP contribution in [0.15, 0.2) is 56.8 Å². The van der Waals surface area contributed by atoms with Crippen LogP contribution in [-0.2, 0) is 0 Å². The first-order valence-corrected chi connectivity index (χ1v) is 8.58. The van der Waals surface area contributed by atoms with Crippen molar-refractivity contribution in [2.45, 2.75) is 26.7 Å². The van der Waals surface area contributed by atoms with E-state index in [2.05, 4.69) is 52.0 Å². The van der Waals surface area contributed by atoms with Crippen LogP contribution in [0.4, 0.5) is 0 Å². The van der Waals surface area contributed by atoms with Crippen molar-refractivity contribution in [3.8, 4) is 0 Å². The highest BCUT2D eigenvalue weighted by Crippen LogP contribution is 2.16. The summed E-state index contributed by atoms with van der Waals surface area (Å²) in [7, 11) is 0. The highest BCUT2D eigenvalue weighted by Gasteiger charge is 2.07. The number of benzene rings is 2. The summed E-state index contributed by atoms with van der Waals surface area (Å²) in [4.78, 5) is 17.1. The maximum absolute atomic E-state index is 12.7. The average molecular weight is 384 g/mol. The molecule has 0 aliphatic carbocycles. The zero-order valence-electron chi connectivity index (χ0n) is 13.8. The topological polar surface area (TPSA) is 47.2 Å². The van der Waals surface area contributed by atoms with E-state index in [-0.39, 0.29) is 5.56 Å². The summed E-state index contributed by atoms with van der Waals surface area (Å²) in [5.41, 5.74) is 2.72. The van der Waals surface area contributed by atoms with Gasteiger partial charge in [-0.1, -0.05) is 54.0 Å². The molecule has 2 aromatic carbocycles. The minimum atomic E-state index is -0.172. The minimum absolute atomic E-state index is 0.172. The highest BCUT2D eigenvalue weighted by atomic mass is 79.9. The van der Waals surface area contributed by atoms with Crippen LogP contribution < -0.4 is 5.56 Å². The molecule has 0 N–H and O–H groups in total. The van der Waals surface area contributed by atoms with Gasteiger partial charge in [-0.3, -0.25) is 4.79 Å². The lowest BCUT2D eigenvalue weighted by atomic mass is 10.0. The monoisotopic (exact) mass is 383 g/mol. The molecule has 122 valence electrons. The maximum Gasteiger partial charge on any atom is 0.282 e. The first-order chi connectivity index (χ1) is 11.5. The summed E-state index contributed by atoms with van der Waals surface area (Å²) in [5, 5.41) is 4.88. The Morgan fingerprint density at radius 3 is 2.54 bits per heavy atom. The van der Waals surface area contributed by atoms with Gasteiger partial charge in [-0.25, -0.2) is 4.98 Å². The van der Waals surface area contributed by atoms with Gasteiger partial charge in [0.1, 0.15) is 5.82 Å². The van der Waals surface area contributed by atoms with Gasteiger partial charge in [0.05, 0.1) is 17.1 Å². The largest absolute Gasteiger partial charge is 0.282 e. The normalized spacial score (nSPS) is 11.7. The van der Waals surface area contributed by atoms with E-state index in [4.69, 9.17) is 0 Å². The lowest BCUT2D eigenvalue weighted by molar-refractivity contribution is 0.771. The van der Waals surface area contributed by atoms with E-state index in [1.165, 1.54) is 10.2 Å². The zero-order valence-corrected chi connectivity index (χ0v) is 15.4. The van der Waals surface area contributed by atoms with Crippen LogP contribution in [0, 0.1) is 6.92 Å². The summed E-state index contributed by atoms with van der Waals surface area (Å²) < 4.78 is 2.18. The molecule has 0 unspecified atom stereocenters. The number of aryl methyl sites for hydroxylation is 1. The lowest BCUT2D eigenvalue weighted by Crippen LogP contribution is -2.20. The first kappa shape index (κ1) is 16.6. The maximum atomic E-state index is 12.7. The second-order valence-electron chi connectivity index (χ2n) is 6.00. The van der Waals surface area contributed by atoms with Crippen molar-refractivity contribution < 1.29 is 0 Å². The summed E-state index contributed by atoms with van der Waals surface area (Å²) in [5.74, 6) is 1.05. The van der Waals surface area contributed by atoms with Gasteiger partial charge in [0.25, 0.3) is 5.56 Å². The summed E-state index contributed by atoms with van der Waals surface area (Å²) in [6.45, 7) is 6.10. The Morgan fingerprint density at radius 1 is 1.17 bits per heavy atom. The Labute approximate surface area is 149 Å². The van der Waals surface area contributed by atoms with Gasteiger partial charge >= 0.3 is 0 Å². The van der Waals surface area contributed by atoms with Gasteiger partial charge in [0, 0.05) is 4.47 Å². The molecule has 0 saturated heterocycles. The van der Waals surface area contributed by atoms with Crippen LogP contribution in [0.2, 0.25) is 0 Å². The molecule has 0 radical (unpaired) electrons. The lowest BCUT2D eigenvalue weighted by Gasteiger charge is -2.06. The molecule has 1 aromatic heterocycles. The molecule has 3 rings (SSSR count). The molecule has 5 heteroatoms. The molecule has 0 aliphatic rings. The molecular weight excluding hydrogens is 366 g/mol. The number of hydrogen-bond acceptors (Lipinski definition) is 3. The molecule has 0 aliphatic heterocycles. The van der Waals surface area contributed by atoms with Gasteiger partial charge in [0.2, 0.25) is 0 Å². The van der Waals surface area contributed by atoms with Crippen LogP contribution in [0.25, 0.3) is 10.9 Å². The molecule has 4 nitrogen and oxygen atoms in total. The summed E-state index contributed by atoms with van der Waals surface area (Å²) >= 11 is 3.39. The van der Waals surface area contributed by atoms with Crippen molar-refractivity contribution in [1.82, 2.24) is 9.66 Å². The van der Waals surface area contributed by atoms with E-state index in [1.807, 2.05) is 24.3 Å². The fraction of sp³-hybridized carbons (Fsp3) is 0.211. The van der Waals surface area contributed by atoms with Crippen LogP contribution in [0.1, 0.15) is 36.7 Å². The van der Waals surface area contributed by atoms with Crippen LogP contribution >= 0.6 is 15.9 Å². The number of aromatic nitrogens is 2. The van der Waals surface area contributed by atoms with Crippen molar-refractivity contribution in [1.29, 1.82) is 0 Å². The number of hydrogen-bond donors (Lipinski definition) is 0. The van der Waals surface area contributed by atoms with Gasteiger partial charge in [-0.15, -0.1) is 0 Å². The smallest absolute Gasteiger partial charge is 0.267 e. The standard InChI is InChI=1S/C19H18BrN3O/c1-12(2)15-6-4-14(5-7-15)11-21-23-13(3)22-18-9-8-16(20)10-17(18)19(23)24/h4-12H,1-3H3. The fourth-order valence-electron chi connectivity index (χ4n) is 2.49. The van der Waals surface area contributed by atoms with E-state index in [1.54, 1.807) is 19.2 Å². The van der Waals surface area contributed by atoms with Crippen molar-refractivity contribution in [3.63, 3.8) is 0 Å². The molecule has 0 amide bonds. The van der Waals surface area contributed by atoms with E-state index in [0.717, 1.165) is 10.0 Å². The van der Waals surface area contributed by atoms with Crippen molar-refractivity contribution >= 4 is 33.0 Å². The molecular formula is C19H18BrN3O. The quantitative estimate of drug-likeness (QED) is 0.626. The number of rotatable bonds is 3. The Morgan fingerprint density at radius 2 is 1.88 bits per heavy atom. The Balaban J connectivity index is 2.01. The molecule has 1 heterocycles. The molecule has 0 atom stereocenters. The zero-order chi connectivity index (χ0) is 17.3. The third-order valence-electron chi connectivity index (χ3n) is 3.90. The van der Waals surface area contributed by atoms with Crippen molar-refractivity contribution in [3.05, 3.63) is 74.2 Å². The van der Waals surface area contributed by atoms with Crippen LogP contribution in [0.3, 0.4) is 0 Å². The fourth-order valence-corrected chi connectivity index (χ4v) is 2.85. The van der Waals surface area contributed by atoms with E-state index >= 15 is 0 Å². The molecule has 0 spiro atoms. The first-order valence-electron chi connectivity index (χ1n) is 7.79. The van der Waals surface area contributed by atoms with E-state index in [9.17, 15) is 4.79 Å².